The molecule has 1 aliphatic heterocycles. The van der Waals surface area contributed by atoms with Crippen LogP contribution in [0, 0.1) is 0 Å². The summed E-state index contributed by atoms with van der Waals surface area (Å²) in [6.07, 6.45) is 6.11. The third kappa shape index (κ3) is 1.32. The maximum atomic E-state index is 5.39. The molecular weight excluding hydrogens is 116 g/mol. The van der Waals surface area contributed by atoms with Crippen LogP contribution in [0.2, 0.25) is 0 Å². The summed E-state index contributed by atoms with van der Waals surface area (Å²) >= 11 is 0. The summed E-state index contributed by atoms with van der Waals surface area (Å²) in [5.74, 6) is 0. The maximum absolute atomic E-state index is 5.39. The molecule has 1 heterocycles. The minimum atomic E-state index is 0.397. The van der Waals surface area contributed by atoms with E-state index in [0.29, 0.717) is 12.2 Å². The molecule has 0 aromatic carbocycles. The van der Waals surface area contributed by atoms with Gasteiger partial charge in [-0.15, -0.1) is 0 Å². The van der Waals surface area contributed by atoms with Gasteiger partial charge in [0.05, 0.1) is 19.3 Å². The van der Waals surface area contributed by atoms with Gasteiger partial charge in [0.1, 0.15) is 6.10 Å². The normalized spacial score (nSPS) is 38.2. The van der Waals surface area contributed by atoms with Gasteiger partial charge >= 0.3 is 0 Å². The Kier molecular flexibility index (Phi) is 1.28. The maximum Gasteiger partial charge on any atom is 0.104 e. The van der Waals surface area contributed by atoms with Gasteiger partial charge in [-0.3, -0.25) is 0 Å². The molecule has 2 atom stereocenters. The van der Waals surface area contributed by atoms with E-state index in [0.717, 1.165) is 19.6 Å². The van der Waals surface area contributed by atoms with Crippen molar-refractivity contribution in [2.45, 2.75) is 18.6 Å². The van der Waals surface area contributed by atoms with Crippen molar-refractivity contribution in [3.05, 3.63) is 12.2 Å². The van der Waals surface area contributed by atoms with Crippen LogP contribution in [-0.4, -0.2) is 25.4 Å². The lowest BCUT2D eigenvalue weighted by atomic mass is 10.1. The second-order valence-corrected chi connectivity index (χ2v) is 2.49. The van der Waals surface area contributed by atoms with Crippen molar-refractivity contribution in [1.82, 2.24) is 0 Å². The van der Waals surface area contributed by atoms with Crippen LogP contribution >= 0.6 is 0 Å². The van der Waals surface area contributed by atoms with Crippen molar-refractivity contribution in [3.63, 3.8) is 0 Å². The summed E-state index contributed by atoms with van der Waals surface area (Å²) < 4.78 is 10.4. The van der Waals surface area contributed by atoms with Crippen molar-refractivity contribution in [2.75, 3.05) is 13.2 Å². The van der Waals surface area contributed by atoms with E-state index in [1.807, 2.05) is 0 Å². The monoisotopic (exact) mass is 126 g/mol. The molecule has 0 aromatic rings. The zero-order chi connectivity index (χ0) is 6.10. The smallest absolute Gasteiger partial charge is 0.104 e. The highest BCUT2D eigenvalue weighted by atomic mass is 16.6. The molecule has 0 bridgehead atoms. The molecule has 0 N–H and O–H groups in total. The molecule has 1 fully saturated rings. The van der Waals surface area contributed by atoms with E-state index < -0.39 is 0 Å². The molecule has 0 spiro atoms. The van der Waals surface area contributed by atoms with E-state index in [2.05, 4.69) is 12.2 Å². The second kappa shape index (κ2) is 2.12. The summed E-state index contributed by atoms with van der Waals surface area (Å²) in [5, 5.41) is 0. The van der Waals surface area contributed by atoms with Crippen molar-refractivity contribution in [1.29, 1.82) is 0 Å². The summed E-state index contributed by atoms with van der Waals surface area (Å²) in [7, 11) is 0. The molecule has 0 amide bonds. The second-order valence-electron chi connectivity index (χ2n) is 2.49. The van der Waals surface area contributed by atoms with E-state index in [4.69, 9.17) is 9.47 Å². The third-order valence-electron chi connectivity index (χ3n) is 1.62. The molecule has 2 unspecified atom stereocenters. The SMILES string of the molecule is C1=CC(OCC2CO2)C1. The molecule has 1 saturated heterocycles. The Morgan fingerprint density at radius 3 is 2.89 bits per heavy atom. The minimum Gasteiger partial charge on any atom is -0.371 e. The van der Waals surface area contributed by atoms with Gasteiger partial charge < -0.3 is 9.47 Å². The molecule has 2 heteroatoms. The van der Waals surface area contributed by atoms with Crippen LogP contribution in [0.15, 0.2) is 12.2 Å². The Labute approximate surface area is 54.5 Å². The number of ether oxygens (including phenoxy) is 2. The highest BCUT2D eigenvalue weighted by Crippen LogP contribution is 2.15. The number of hydrogen-bond donors (Lipinski definition) is 0. The molecule has 2 rings (SSSR count). The Morgan fingerprint density at radius 1 is 1.67 bits per heavy atom. The Morgan fingerprint density at radius 2 is 2.44 bits per heavy atom. The van der Waals surface area contributed by atoms with Gasteiger partial charge in [0.2, 0.25) is 0 Å². The molecule has 0 radical (unpaired) electrons. The first-order chi connectivity index (χ1) is 4.45. The van der Waals surface area contributed by atoms with Crippen molar-refractivity contribution in [2.24, 2.45) is 0 Å². The zero-order valence-corrected chi connectivity index (χ0v) is 5.25. The molecule has 50 valence electrons. The number of rotatable bonds is 3. The lowest BCUT2D eigenvalue weighted by Gasteiger charge is -2.17. The van der Waals surface area contributed by atoms with E-state index in [9.17, 15) is 0 Å². The summed E-state index contributed by atoms with van der Waals surface area (Å²) in [4.78, 5) is 0. The average Bonchev–Trinajstić information content (AvgIpc) is 2.44. The number of epoxide rings is 1. The fourth-order valence-corrected chi connectivity index (χ4v) is 0.766. The molecule has 1 aliphatic carbocycles. The average molecular weight is 126 g/mol. The van der Waals surface area contributed by atoms with Crippen molar-refractivity contribution in [3.8, 4) is 0 Å². The minimum absolute atomic E-state index is 0.397. The molecule has 0 aromatic heterocycles. The first-order valence-electron chi connectivity index (χ1n) is 3.35. The number of hydrogen-bond acceptors (Lipinski definition) is 2. The molecule has 9 heavy (non-hydrogen) atoms. The molecular formula is C7H10O2. The Bertz CT molecular complexity index is 127. The van der Waals surface area contributed by atoms with Crippen molar-refractivity contribution >= 4 is 0 Å². The molecule has 0 saturated carbocycles. The van der Waals surface area contributed by atoms with Crippen LogP contribution < -0.4 is 0 Å². The van der Waals surface area contributed by atoms with Crippen LogP contribution in [0.4, 0.5) is 0 Å². The first-order valence-corrected chi connectivity index (χ1v) is 3.35. The van der Waals surface area contributed by atoms with Gasteiger partial charge in [-0.05, 0) is 6.42 Å². The van der Waals surface area contributed by atoms with E-state index in [1.54, 1.807) is 0 Å². The van der Waals surface area contributed by atoms with Crippen LogP contribution in [0.1, 0.15) is 6.42 Å². The quantitative estimate of drug-likeness (QED) is 0.410. The van der Waals surface area contributed by atoms with Crippen LogP contribution in [0.3, 0.4) is 0 Å². The van der Waals surface area contributed by atoms with Gasteiger partial charge in [0.25, 0.3) is 0 Å². The first kappa shape index (κ1) is 5.45. The zero-order valence-electron chi connectivity index (χ0n) is 5.25. The molecule has 2 nitrogen and oxygen atoms in total. The molecule has 2 aliphatic rings. The van der Waals surface area contributed by atoms with Gasteiger partial charge in [-0.25, -0.2) is 0 Å². The fourth-order valence-electron chi connectivity index (χ4n) is 0.766. The third-order valence-corrected chi connectivity index (χ3v) is 1.62. The lowest BCUT2D eigenvalue weighted by molar-refractivity contribution is 0.0644. The Balaban J connectivity index is 1.60. The summed E-state index contributed by atoms with van der Waals surface area (Å²) in [6, 6.07) is 0. The summed E-state index contributed by atoms with van der Waals surface area (Å²) in [6.45, 7) is 1.69. The van der Waals surface area contributed by atoms with E-state index in [-0.39, 0.29) is 0 Å². The Hall–Kier alpha value is -0.340. The topological polar surface area (TPSA) is 21.8 Å². The van der Waals surface area contributed by atoms with Crippen LogP contribution in [0.25, 0.3) is 0 Å². The lowest BCUT2D eigenvalue weighted by Crippen LogP contribution is -2.17. The highest BCUT2D eigenvalue weighted by molar-refractivity contribution is 5.03. The van der Waals surface area contributed by atoms with Gasteiger partial charge in [0, 0.05) is 0 Å². The van der Waals surface area contributed by atoms with Gasteiger partial charge in [0.15, 0.2) is 0 Å². The van der Waals surface area contributed by atoms with Crippen molar-refractivity contribution < 1.29 is 9.47 Å². The van der Waals surface area contributed by atoms with E-state index >= 15 is 0 Å². The predicted octanol–water partition coefficient (Wildman–Crippen LogP) is 0.730. The fraction of sp³-hybridized carbons (Fsp3) is 0.714. The largest absolute Gasteiger partial charge is 0.371 e. The van der Waals surface area contributed by atoms with Gasteiger partial charge in [-0.1, -0.05) is 12.2 Å². The highest BCUT2D eigenvalue weighted by Gasteiger charge is 2.24. The van der Waals surface area contributed by atoms with Gasteiger partial charge in [-0.2, -0.15) is 0 Å². The van der Waals surface area contributed by atoms with Crippen LogP contribution in [-0.2, 0) is 9.47 Å². The van der Waals surface area contributed by atoms with Crippen LogP contribution in [0.5, 0.6) is 0 Å². The standard InChI is InChI=1S/C7H10O2/c1-2-6(3-1)8-4-7-5-9-7/h1-2,6-7H,3-5H2. The predicted molar refractivity (Wildman–Crippen MR) is 33.2 cm³/mol. The van der Waals surface area contributed by atoms with E-state index in [1.165, 1.54) is 0 Å². The summed E-state index contributed by atoms with van der Waals surface area (Å²) in [5.41, 5.74) is 0.